The number of nitrogens with zero attached hydrogens (tertiary/aromatic N) is 1. The van der Waals surface area contributed by atoms with Crippen molar-refractivity contribution in [2.45, 2.75) is 5.75 Å². The number of hydrogen-bond donors (Lipinski definition) is 1. The van der Waals surface area contributed by atoms with Crippen LogP contribution < -0.4 is 0 Å². The lowest BCUT2D eigenvalue weighted by molar-refractivity contribution is 1.35. The van der Waals surface area contributed by atoms with Gasteiger partial charge in [0.1, 0.15) is 0 Å². The van der Waals surface area contributed by atoms with Crippen LogP contribution in [-0.4, -0.2) is 4.98 Å². The molecule has 1 aromatic heterocycles. The van der Waals surface area contributed by atoms with Crippen LogP contribution in [0.3, 0.4) is 0 Å². The van der Waals surface area contributed by atoms with Crippen LogP contribution in [0.25, 0.3) is 10.9 Å². The van der Waals surface area contributed by atoms with Crippen molar-refractivity contribution >= 4 is 35.1 Å². The van der Waals surface area contributed by atoms with Crippen molar-refractivity contribution in [3.63, 3.8) is 0 Å². The molecule has 1 aromatic carbocycles. The highest BCUT2D eigenvalue weighted by Gasteiger charge is 2.03. The molecule has 66 valence electrons. The highest BCUT2D eigenvalue weighted by molar-refractivity contribution is 7.79. The van der Waals surface area contributed by atoms with E-state index < -0.39 is 0 Å². The van der Waals surface area contributed by atoms with E-state index in [0.29, 0.717) is 5.75 Å². The molecule has 0 unspecified atom stereocenters. The first-order chi connectivity index (χ1) is 6.33. The summed E-state index contributed by atoms with van der Waals surface area (Å²) in [6.07, 6.45) is 1.77. The average Bonchev–Trinajstić information content (AvgIpc) is 2.19. The highest BCUT2D eigenvalue weighted by Crippen LogP contribution is 2.25. The summed E-state index contributed by atoms with van der Waals surface area (Å²) in [4.78, 5) is 4.28. The Morgan fingerprint density at radius 2 is 2.15 bits per heavy atom. The van der Waals surface area contributed by atoms with Gasteiger partial charge in [0.05, 0.1) is 5.52 Å². The Morgan fingerprint density at radius 1 is 1.31 bits per heavy atom. The summed E-state index contributed by atoms with van der Waals surface area (Å²) in [5, 5.41) is 1.74. The van der Waals surface area contributed by atoms with Gasteiger partial charge in [-0.3, -0.25) is 4.98 Å². The van der Waals surface area contributed by atoms with Gasteiger partial charge in [-0.2, -0.15) is 12.6 Å². The molecule has 0 radical (unpaired) electrons. The SMILES string of the molecule is SCc1ccc(Cl)c2cccnc12. The Hall–Kier alpha value is -0.730. The normalized spacial score (nSPS) is 10.6. The number of aromatic nitrogens is 1. The van der Waals surface area contributed by atoms with Gasteiger partial charge in [-0.15, -0.1) is 0 Å². The molecule has 0 N–H and O–H groups in total. The maximum Gasteiger partial charge on any atom is 0.0757 e. The molecule has 0 aliphatic rings. The van der Waals surface area contributed by atoms with E-state index in [1.165, 1.54) is 0 Å². The lowest BCUT2D eigenvalue weighted by Crippen LogP contribution is -1.85. The van der Waals surface area contributed by atoms with Crippen LogP contribution in [0.4, 0.5) is 0 Å². The second-order valence-electron chi connectivity index (χ2n) is 2.76. The minimum absolute atomic E-state index is 0.685. The molecule has 0 aliphatic heterocycles. The van der Waals surface area contributed by atoms with Crippen LogP contribution in [0, 0.1) is 0 Å². The Kier molecular flexibility index (Phi) is 2.42. The van der Waals surface area contributed by atoms with E-state index in [4.69, 9.17) is 11.6 Å². The molecular formula is C10H8ClNS. The van der Waals surface area contributed by atoms with Gasteiger partial charge in [0.25, 0.3) is 0 Å². The molecule has 13 heavy (non-hydrogen) atoms. The van der Waals surface area contributed by atoms with Gasteiger partial charge < -0.3 is 0 Å². The summed E-state index contributed by atoms with van der Waals surface area (Å²) in [5.74, 6) is 0.685. The van der Waals surface area contributed by atoms with Crippen molar-refractivity contribution in [1.29, 1.82) is 0 Å². The molecular weight excluding hydrogens is 202 g/mol. The largest absolute Gasteiger partial charge is 0.256 e. The van der Waals surface area contributed by atoms with Crippen molar-refractivity contribution in [1.82, 2.24) is 4.98 Å². The van der Waals surface area contributed by atoms with Crippen molar-refractivity contribution in [3.05, 3.63) is 41.0 Å². The van der Waals surface area contributed by atoms with Crippen LogP contribution in [0.15, 0.2) is 30.5 Å². The third-order valence-electron chi connectivity index (χ3n) is 1.97. The quantitative estimate of drug-likeness (QED) is 0.711. The topological polar surface area (TPSA) is 12.9 Å². The molecule has 0 saturated carbocycles. The molecule has 0 bridgehead atoms. The molecule has 0 amide bonds. The van der Waals surface area contributed by atoms with Crippen molar-refractivity contribution in [2.75, 3.05) is 0 Å². The first-order valence-corrected chi connectivity index (χ1v) is 4.97. The predicted octanol–water partition coefficient (Wildman–Crippen LogP) is 3.32. The second-order valence-corrected chi connectivity index (χ2v) is 3.49. The van der Waals surface area contributed by atoms with Gasteiger partial charge >= 0.3 is 0 Å². The van der Waals surface area contributed by atoms with E-state index in [2.05, 4.69) is 17.6 Å². The molecule has 2 rings (SSSR count). The molecule has 0 saturated heterocycles. The van der Waals surface area contributed by atoms with Gasteiger partial charge in [-0.25, -0.2) is 0 Å². The van der Waals surface area contributed by atoms with Gasteiger partial charge in [-0.1, -0.05) is 17.7 Å². The average molecular weight is 210 g/mol. The molecule has 0 atom stereocenters. The molecule has 1 heterocycles. The van der Waals surface area contributed by atoms with Crippen molar-refractivity contribution in [2.24, 2.45) is 0 Å². The van der Waals surface area contributed by atoms with E-state index in [-0.39, 0.29) is 0 Å². The predicted molar refractivity (Wildman–Crippen MR) is 59.4 cm³/mol. The Morgan fingerprint density at radius 3 is 2.92 bits per heavy atom. The highest BCUT2D eigenvalue weighted by atomic mass is 35.5. The second kappa shape index (κ2) is 3.56. The van der Waals surface area contributed by atoms with E-state index in [1.807, 2.05) is 24.3 Å². The third-order valence-corrected chi connectivity index (χ3v) is 2.64. The number of hydrogen-bond acceptors (Lipinski definition) is 2. The monoisotopic (exact) mass is 209 g/mol. The third kappa shape index (κ3) is 1.52. The first kappa shape index (κ1) is 8.85. The van der Waals surface area contributed by atoms with Crippen LogP contribution in [0.1, 0.15) is 5.56 Å². The van der Waals surface area contributed by atoms with Gasteiger partial charge in [0.2, 0.25) is 0 Å². The number of fused-ring (bicyclic) bond motifs is 1. The van der Waals surface area contributed by atoms with E-state index in [1.54, 1.807) is 6.20 Å². The van der Waals surface area contributed by atoms with Crippen LogP contribution >= 0.6 is 24.2 Å². The zero-order valence-electron chi connectivity index (χ0n) is 6.87. The number of rotatable bonds is 1. The lowest BCUT2D eigenvalue weighted by atomic mass is 10.1. The number of thiol groups is 1. The standard InChI is InChI=1S/C10H8ClNS/c11-9-4-3-7(6-13)10-8(9)2-1-5-12-10/h1-5,13H,6H2. The molecule has 3 heteroatoms. The maximum absolute atomic E-state index is 6.02. The molecule has 0 fully saturated rings. The van der Waals surface area contributed by atoms with Crippen LogP contribution in [0.5, 0.6) is 0 Å². The summed E-state index contributed by atoms with van der Waals surface area (Å²) in [6.45, 7) is 0. The molecule has 0 spiro atoms. The van der Waals surface area contributed by atoms with E-state index in [0.717, 1.165) is 21.5 Å². The summed E-state index contributed by atoms with van der Waals surface area (Å²) >= 11 is 10.3. The summed E-state index contributed by atoms with van der Waals surface area (Å²) in [7, 11) is 0. The number of halogens is 1. The summed E-state index contributed by atoms with van der Waals surface area (Å²) in [6, 6.07) is 7.70. The number of benzene rings is 1. The van der Waals surface area contributed by atoms with E-state index in [9.17, 15) is 0 Å². The number of pyridine rings is 1. The summed E-state index contributed by atoms with van der Waals surface area (Å²) < 4.78 is 0. The Balaban J connectivity index is 2.84. The lowest BCUT2D eigenvalue weighted by Gasteiger charge is -2.03. The fourth-order valence-corrected chi connectivity index (χ4v) is 1.79. The fraction of sp³-hybridized carbons (Fsp3) is 0.100. The molecule has 2 aromatic rings. The minimum Gasteiger partial charge on any atom is -0.256 e. The smallest absolute Gasteiger partial charge is 0.0757 e. The van der Waals surface area contributed by atoms with Crippen LogP contribution in [-0.2, 0) is 5.75 Å². The minimum atomic E-state index is 0.685. The summed E-state index contributed by atoms with van der Waals surface area (Å²) in [5.41, 5.74) is 2.06. The molecule has 1 nitrogen and oxygen atoms in total. The first-order valence-electron chi connectivity index (χ1n) is 3.96. The van der Waals surface area contributed by atoms with Gasteiger partial charge in [-0.05, 0) is 23.8 Å². The maximum atomic E-state index is 6.02. The van der Waals surface area contributed by atoms with Gasteiger partial charge in [0, 0.05) is 22.4 Å². The van der Waals surface area contributed by atoms with E-state index >= 15 is 0 Å². The van der Waals surface area contributed by atoms with Crippen LogP contribution in [0.2, 0.25) is 5.02 Å². The van der Waals surface area contributed by atoms with Gasteiger partial charge in [0.15, 0.2) is 0 Å². The Labute approximate surface area is 87.2 Å². The van der Waals surface area contributed by atoms with Crippen molar-refractivity contribution in [3.8, 4) is 0 Å². The zero-order valence-corrected chi connectivity index (χ0v) is 8.52. The fourth-order valence-electron chi connectivity index (χ4n) is 1.32. The molecule has 0 aliphatic carbocycles. The zero-order chi connectivity index (χ0) is 9.26. The van der Waals surface area contributed by atoms with Crippen molar-refractivity contribution < 1.29 is 0 Å². The Bertz CT molecular complexity index is 442.